The molecule has 0 saturated heterocycles. The van der Waals surface area contributed by atoms with E-state index in [4.69, 9.17) is 9.84 Å². The Hall–Kier alpha value is -1.93. The van der Waals surface area contributed by atoms with E-state index in [0.717, 1.165) is 0 Å². The van der Waals surface area contributed by atoms with Gasteiger partial charge in [0.15, 0.2) is 0 Å². The highest BCUT2D eigenvalue weighted by Crippen LogP contribution is 2.13. The summed E-state index contributed by atoms with van der Waals surface area (Å²) < 4.78 is 31.5. The molecule has 0 saturated carbocycles. The van der Waals surface area contributed by atoms with Gasteiger partial charge in [-0.15, -0.1) is 0 Å². The van der Waals surface area contributed by atoms with Crippen LogP contribution in [0.5, 0.6) is 0 Å². The van der Waals surface area contributed by atoms with Crippen LogP contribution in [0.15, 0.2) is 24.3 Å². The van der Waals surface area contributed by atoms with Gasteiger partial charge in [0.05, 0.1) is 23.8 Å². The number of ether oxygens (including phenoxy) is 1. The second-order valence-corrected chi connectivity index (χ2v) is 8.00. The standard InChI is InChI=1S/C17H25NO6S/c1-4-24-17(21)14-7-5-13(6-8-14)11-25(22,23)18-10-15(16(19)20)9-12(2)3/h5-8,12,15,18H,4,9-11H2,1-3H3,(H,19,20). The summed E-state index contributed by atoms with van der Waals surface area (Å²) in [6.45, 7) is 5.59. The van der Waals surface area contributed by atoms with Gasteiger partial charge in [0.2, 0.25) is 10.0 Å². The Morgan fingerprint density at radius 1 is 1.20 bits per heavy atom. The van der Waals surface area contributed by atoms with Crippen molar-refractivity contribution in [2.45, 2.75) is 32.9 Å². The first-order valence-corrected chi connectivity index (χ1v) is 9.76. The maximum atomic E-state index is 12.1. The molecule has 140 valence electrons. The summed E-state index contributed by atoms with van der Waals surface area (Å²) in [5.74, 6) is -2.38. The number of aliphatic carboxylic acids is 1. The lowest BCUT2D eigenvalue weighted by atomic mass is 9.98. The molecule has 0 aliphatic rings. The topological polar surface area (TPSA) is 110 Å². The van der Waals surface area contributed by atoms with E-state index in [1.165, 1.54) is 24.3 Å². The molecule has 0 fully saturated rings. The predicted molar refractivity (Wildman–Crippen MR) is 93.6 cm³/mol. The summed E-state index contributed by atoms with van der Waals surface area (Å²) in [4.78, 5) is 22.7. The third-order valence-electron chi connectivity index (χ3n) is 3.48. The fourth-order valence-corrected chi connectivity index (χ4v) is 3.48. The van der Waals surface area contributed by atoms with Crippen molar-refractivity contribution in [2.24, 2.45) is 11.8 Å². The van der Waals surface area contributed by atoms with E-state index in [9.17, 15) is 18.0 Å². The van der Waals surface area contributed by atoms with Crippen LogP contribution >= 0.6 is 0 Å². The zero-order valence-electron chi connectivity index (χ0n) is 14.7. The third kappa shape index (κ3) is 7.66. The number of hydrogen-bond acceptors (Lipinski definition) is 5. The molecule has 1 atom stereocenters. The van der Waals surface area contributed by atoms with Crippen LogP contribution in [-0.2, 0) is 25.3 Å². The second kappa shape index (κ2) is 9.53. The monoisotopic (exact) mass is 371 g/mol. The molecular weight excluding hydrogens is 346 g/mol. The first-order chi connectivity index (χ1) is 11.6. The highest BCUT2D eigenvalue weighted by molar-refractivity contribution is 7.88. The quantitative estimate of drug-likeness (QED) is 0.609. The van der Waals surface area contributed by atoms with Crippen LogP contribution in [0.25, 0.3) is 0 Å². The minimum absolute atomic E-state index is 0.142. The first kappa shape index (κ1) is 21.1. The van der Waals surface area contributed by atoms with Crippen molar-refractivity contribution >= 4 is 22.0 Å². The molecule has 0 aromatic heterocycles. The molecule has 0 radical (unpaired) electrons. The molecule has 1 unspecified atom stereocenters. The molecule has 1 rings (SSSR count). The number of carboxylic acid groups (broad SMARTS) is 1. The zero-order valence-corrected chi connectivity index (χ0v) is 15.5. The molecule has 0 aliphatic heterocycles. The maximum absolute atomic E-state index is 12.1. The van der Waals surface area contributed by atoms with E-state index in [1.807, 2.05) is 13.8 Å². The number of carbonyl (C=O) groups is 2. The molecule has 8 heteroatoms. The van der Waals surface area contributed by atoms with Crippen molar-refractivity contribution in [3.63, 3.8) is 0 Å². The number of benzene rings is 1. The van der Waals surface area contributed by atoms with Gasteiger partial charge in [0.1, 0.15) is 0 Å². The van der Waals surface area contributed by atoms with E-state index in [-0.39, 0.29) is 24.8 Å². The molecule has 0 spiro atoms. The van der Waals surface area contributed by atoms with E-state index < -0.39 is 27.9 Å². The highest BCUT2D eigenvalue weighted by Gasteiger charge is 2.22. The smallest absolute Gasteiger partial charge is 0.338 e. The van der Waals surface area contributed by atoms with Crippen LogP contribution in [-0.4, -0.2) is 38.6 Å². The Bertz CT molecular complexity index is 682. The number of hydrogen-bond donors (Lipinski definition) is 2. The molecule has 0 amide bonds. The zero-order chi connectivity index (χ0) is 19.0. The van der Waals surface area contributed by atoms with Gasteiger partial charge in [0.25, 0.3) is 0 Å². The van der Waals surface area contributed by atoms with Gasteiger partial charge in [-0.2, -0.15) is 0 Å². The van der Waals surface area contributed by atoms with Gasteiger partial charge >= 0.3 is 11.9 Å². The summed E-state index contributed by atoms with van der Waals surface area (Å²) in [6, 6.07) is 6.08. The lowest BCUT2D eigenvalue weighted by Gasteiger charge is -2.15. The fraction of sp³-hybridized carbons (Fsp3) is 0.529. The largest absolute Gasteiger partial charge is 0.481 e. The number of esters is 1. The summed E-state index contributed by atoms with van der Waals surface area (Å²) in [5, 5.41) is 9.16. The number of carboxylic acids is 1. The van der Waals surface area contributed by atoms with E-state index in [1.54, 1.807) is 6.92 Å². The average Bonchev–Trinajstić information content (AvgIpc) is 2.51. The molecular formula is C17H25NO6S. The Morgan fingerprint density at radius 3 is 2.28 bits per heavy atom. The van der Waals surface area contributed by atoms with Crippen LogP contribution < -0.4 is 4.72 Å². The van der Waals surface area contributed by atoms with Crippen LogP contribution in [0.2, 0.25) is 0 Å². The minimum atomic E-state index is -3.67. The molecule has 25 heavy (non-hydrogen) atoms. The first-order valence-electron chi connectivity index (χ1n) is 8.10. The van der Waals surface area contributed by atoms with Crippen LogP contribution in [0, 0.1) is 11.8 Å². The summed E-state index contributed by atoms with van der Waals surface area (Å²) in [5.41, 5.74) is 0.843. The van der Waals surface area contributed by atoms with Crippen molar-refractivity contribution in [1.82, 2.24) is 4.72 Å². The maximum Gasteiger partial charge on any atom is 0.338 e. The molecule has 0 bridgehead atoms. The van der Waals surface area contributed by atoms with Crippen molar-refractivity contribution in [3.05, 3.63) is 35.4 Å². The number of nitrogens with one attached hydrogen (secondary N) is 1. The van der Waals surface area contributed by atoms with Gasteiger partial charge in [-0.25, -0.2) is 17.9 Å². The molecule has 0 heterocycles. The van der Waals surface area contributed by atoms with Gasteiger partial charge in [-0.05, 0) is 37.0 Å². The van der Waals surface area contributed by atoms with Crippen LogP contribution in [0.4, 0.5) is 0 Å². The fourth-order valence-electron chi connectivity index (χ4n) is 2.29. The normalized spacial score (nSPS) is 12.8. The van der Waals surface area contributed by atoms with Crippen molar-refractivity contribution in [3.8, 4) is 0 Å². The molecule has 7 nitrogen and oxygen atoms in total. The van der Waals surface area contributed by atoms with Gasteiger partial charge in [-0.3, -0.25) is 4.79 Å². The average molecular weight is 371 g/mol. The predicted octanol–water partition coefficient (Wildman–Crippen LogP) is 2.03. The van der Waals surface area contributed by atoms with E-state index >= 15 is 0 Å². The van der Waals surface area contributed by atoms with Crippen LogP contribution in [0.1, 0.15) is 43.1 Å². The SMILES string of the molecule is CCOC(=O)c1ccc(CS(=O)(=O)NCC(CC(C)C)C(=O)O)cc1. The van der Waals surface area contributed by atoms with Crippen molar-refractivity contribution in [2.75, 3.05) is 13.2 Å². The Labute approximate surface area is 148 Å². The van der Waals surface area contributed by atoms with Gasteiger partial charge in [-0.1, -0.05) is 26.0 Å². The lowest BCUT2D eigenvalue weighted by molar-refractivity contribution is -0.142. The van der Waals surface area contributed by atoms with Gasteiger partial charge in [0, 0.05) is 6.54 Å². The van der Waals surface area contributed by atoms with Crippen LogP contribution in [0.3, 0.4) is 0 Å². The molecule has 2 N–H and O–H groups in total. The molecule has 1 aromatic carbocycles. The minimum Gasteiger partial charge on any atom is -0.481 e. The van der Waals surface area contributed by atoms with Crippen molar-refractivity contribution < 1.29 is 27.9 Å². The lowest BCUT2D eigenvalue weighted by Crippen LogP contribution is -2.34. The molecule has 0 aliphatic carbocycles. The Kier molecular flexibility index (Phi) is 8.05. The summed E-state index contributed by atoms with van der Waals surface area (Å²) >= 11 is 0. The second-order valence-electron chi connectivity index (χ2n) is 6.19. The number of carbonyl (C=O) groups excluding carboxylic acids is 1. The highest BCUT2D eigenvalue weighted by atomic mass is 32.2. The summed E-state index contributed by atoms with van der Waals surface area (Å²) in [7, 11) is -3.67. The number of sulfonamides is 1. The van der Waals surface area contributed by atoms with E-state index in [2.05, 4.69) is 4.72 Å². The Morgan fingerprint density at radius 2 is 1.80 bits per heavy atom. The van der Waals surface area contributed by atoms with Gasteiger partial charge < -0.3 is 9.84 Å². The summed E-state index contributed by atoms with van der Waals surface area (Å²) in [6.07, 6.45) is 0.395. The van der Waals surface area contributed by atoms with Crippen molar-refractivity contribution in [1.29, 1.82) is 0 Å². The van der Waals surface area contributed by atoms with E-state index in [0.29, 0.717) is 17.5 Å². The third-order valence-corrected chi connectivity index (χ3v) is 4.80. The Balaban J connectivity index is 2.68. The number of rotatable bonds is 10. The molecule has 1 aromatic rings.